The molecular weight excluding hydrogens is 464 g/mol. The van der Waals surface area contributed by atoms with E-state index in [0.29, 0.717) is 24.5 Å². The third-order valence-electron chi connectivity index (χ3n) is 6.86. The Labute approximate surface area is 217 Å². The highest BCUT2D eigenvalue weighted by atomic mass is 16.2. The molecule has 1 aliphatic rings. The van der Waals surface area contributed by atoms with Gasteiger partial charge in [0.15, 0.2) is 0 Å². The number of aromatic nitrogens is 1. The molecule has 2 unspecified atom stereocenters. The van der Waals surface area contributed by atoms with Gasteiger partial charge in [0.2, 0.25) is 11.8 Å². The molecule has 0 bridgehead atoms. The van der Waals surface area contributed by atoms with Crippen molar-refractivity contribution in [1.29, 1.82) is 5.26 Å². The van der Waals surface area contributed by atoms with Gasteiger partial charge in [-0.2, -0.15) is 5.26 Å². The van der Waals surface area contributed by atoms with Crippen LogP contribution in [0.5, 0.6) is 0 Å². The molecule has 0 radical (unpaired) electrons. The van der Waals surface area contributed by atoms with Gasteiger partial charge < -0.3 is 20.4 Å². The van der Waals surface area contributed by atoms with Crippen LogP contribution < -0.4 is 15.5 Å². The summed E-state index contributed by atoms with van der Waals surface area (Å²) in [6.45, 7) is 5.71. The Balaban J connectivity index is 1.43. The fraction of sp³-hybridized carbons (Fsp3) is 0.310. The van der Waals surface area contributed by atoms with Crippen molar-refractivity contribution in [3.8, 4) is 6.07 Å². The second kappa shape index (κ2) is 11.7. The van der Waals surface area contributed by atoms with Crippen LogP contribution in [0.25, 0.3) is 0 Å². The molecule has 3 aromatic rings. The van der Waals surface area contributed by atoms with E-state index in [-0.39, 0.29) is 23.8 Å². The Hall–Kier alpha value is -4.22. The summed E-state index contributed by atoms with van der Waals surface area (Å²) < 4.78 is 0. The Bertz CT molecular complexity index is 1250. The van der Waals surface area contributed by atoms with E-state index < -0.39 is 6.04 Å². The number of nitrogens with one attached hydrogen (secondary N) is 2. The third kappa shape index (κ3) is 6.32. The number of rotatable bonds is 8. The first-order chi connectivity index (χ1) is 17.9. The minimum absolute atomic E-state index is 0.0724. The third-order valence-corrected chi connectivity index (χ3v) is 6.86. The maximum Gasteiger partial charge on any atom is 0.247 e. The summed E-state index contributed by atoms with van der Waals surface area (Å²) in [5, 5.41) is 15.4. The molecule has 0 saturated carbocycles. The summed E-state index contributed by atoms with van der Waals surface area (Å²) in [5.41, 5.74) is 3.42. The number of likely N-dealkylation sites (N-methyl/N-ethyl adjacent to an activating group) is 1. The van der Waals surface area contributed by atoms with E-state index in [1.54, 1.807) is 29.3 Å². The highest BCUT2D eigenvalue weighted by Crippen LogP contribution is 2.22. The zero-order valence-electron chi connectivity index (χ0n) is 21.4. The summed E-state index contributed by atoms with van der Waals surface area (Å²) in [5.74, 6) is 0.452. The maximum atomic E-state index is 13.3. The Morgan fingerprint density at radius 2 is 1.84 bits per heavy atom. The number of anilines is 2. The highest BCUT2D eigenvalue weighted by molar-refractivity contribution is 5.95. The van der Waals surface area contributed by atoms with Crippen molar-refractivity contribution in [2.75, 3.05) is 36.9 Å². The quantitative estimate of drug-likeness (QED) is 0.493. The number of piperazine rings is 1. The van der Waals surface area contributed by atoms with E-state index in [4.69, 9.17) is 5.26 Å². The largest absolute Gasteiger partial charge is 0.359 e. The maximum absolute atomic E-state index is 13.3. The first kappa shape index (κ1) is 25.9. The second-order valence-electron chi connectivity index (χ2n) is 9.51. The van der Waals surface area contributed by atoms with Gasteiger partial charge in [-0.15, -0.1) is 0 Å². The lowest BCUT2D eigenvalue weighted by molar-refractivity contribution is -0.131. The topological polar surface area (TPSA) is 101 Å². The summed E-state index contributed by atoms with van der Waals surface area (Å²) in [6.07, 6.45) is 1.69. The number of pyridine rings is 1. The number of benzene rings is 2. The Morgan fingerprint density at radius 1 is 1.11 bits per heavy atom. The van der Waals surface area contributed by atoms with Gasteiger partial charge in [0.1, 0.15) is 11.9 Å². The molecule has 2 aromatic carbocycles. The minimum Gasteiger partial charge on any atom is -0.359 e. The highest BCUT2D eigenvalue weighted by Gasteiger charge is 2.27. The van der Waals surface area contributed by atoms with E-state index in [9.17, 15) is 9.59 Å². The lowest BCUT2D eigenvalue weighted by Crippen LogP contribution is -2.53. The van der Waals surface area contributed by atoms with Crippen LogP contribution in [0.4, 0.5) is 11.5 Å². The predicted molar refractivity (Wildman–Crippen MR) is 144 cm³/mol. The zero-order valence-corrected chi connectivity index (χ0v) is 21.4. The van der Waals surface area contributed by atoms with Crippen LogP contribution >= 0.6 is 0 Å². The number of nitriles is 1. The molecule has 1 aliphatic heterocycles. The fourth-order valence-electron chi connectivity index (χ4n) is 4.37. The van der Waals surface area contributed by atoms with Gasteiger partial charge in [-0.3, -0.25) is 9.59 Å². The lowest BCUT2D eigenvalue weighted by Gasteiger charge is -2.38. The van der Waals surface area contributed by atoms with Gasteiger partial charge in [0.05, 0.1) is 30.1 Å². The summed E-state index contributed by atoms with van der Waals surface area (Å²) >= 11 is 0. The van der Waals surface area contributed by atoms with Crippen LogP contribution in [0.2, 0.25) is 0 Å². The normalized spacial score (nSPS) is 17.1. The fourth-order valence-corrected chi connectivity index (χ4v) is 4.37. The van der Waals surface area contributed by atoms with Gasteiger partial charge >= 0.3 is 0 Å². The molecule has 4 rings (SSSR count). The molecule has 8 heteroatoms. The van der Waals surface area contributed by atoms with Crippen molar-refractivity contribution < 1.29 is 9.59 Å². The lowest BCUT2D eigenvalue weighted by atomic mass is 9.98. The first-order valence-electron chi connectivity index (χ1n) is 12.4. The number of hydrogen-bond donors (Lipinski definition) is 2. The molecule has 2 heterocycles. The summed E-state index contributed by atoms with van der Waals surface area (Å²) in [4.78, 5) is 33.8. The van der Waals surface area contributed by atoms with Crippen molar-refractivity contribution in [3.63, 3.8) is 0 Å². The number of carbonyl (C=O) groups excluding carboxylic acids is 2. The zero-order chi connectivity index (χ0) is 26.4. The molecule has 37 heavy (non-hydrogen) atoms. The molecule has 190 valence electrons. The van der Waals surface area contributed by atoms with E-state index >= 15 is 0 Å². The van der Waals surface area contributed by atoms with Crippen molar-refractivity contribution in [2.45, 2.75) is 31.8 Å². The minimum atomic E-state index is -0.570. The van der Waals surface area contributed by atoms with E-state index in [0.717, 1.165) is 23.4 Å². The smallest absolute Gasteiger partial charge is 0.247 e. The summed E-state index contributed by atoms with van der Waals surface area (Å²) in [6, 6.07) is 22.4. The number of carbonyl (C=O) groups is 2. The van der Waals surface area contributed by atoms with Gasteiger partial charge in [0.25, 0.3) is 0 Å². The average Bonchev–Trinajstić information content (AvgIpc) is 2.92. The van der Waals surface area contributed by atoms with Crippen LogP contribution in [-0.4, -0.2) is 54.4 Å². The van der Waals surface area contributed by atoms with Crippen molar-refractivity contribution in [2.24, 2.45) is 0 Å². The standard InChI is InChI=1S/C29H32N6O2/c1-20(23-11-9-22(15-30)10-12-23)16-32-28(24-7-5-4-6-8-24)29(37)33-26-14-13-25(17-31-26)35-18-21(2)34(3)27(36)19-35/h4-14,17,20-21,28,32H,16,18-19H2,1-3H3,(H,31,33,37)/t20-,21?,28?/m1/s1. The van der Waals surface area contributed by atoms with Crippen LogP contribution in [-0.2, 0) is 9.59 Å². The molecule has 3 atom stereocenters. The monoisotopic (exact) mass is 496 g/mol. The van der Waals surface area contributed by atoms with Gasteiger partial charge in [0, 0.05) is 26.2 Å². The average molecular weight is 497 g/mol. The molecule has 2 N–H and O–H groups in total. The van der Waals surface area contributed by atoms with Crippen LogP contribution in [0, 0.1) is 11.3 Å². The number of amides is 2. The van der Waals surface area contributed by atoms with Crippen LogP contribution in [0.1, 0.15) is 42.5 Å². The molecule has 0 spiro atoms. The molecule has 1 saturated heterocycles. The molecule has 8 nitrogen and oxygen atoms in total. The number of hydrogen-bond acceptors (Lipinski definition) is 6. The van der Waals surface area contributed by atoms with Crippen molar-refractivity contribution in [3.05, 3.63) is 89.6 Å². The van der Waals surface area contributed by atoms with E-state index in [1.807, 2.05) is 67.4 Å². The van der Waals surface area contributed by atoms with E-state index in [1.165, 1.54) is 0 Å². The number of nitrogens with zero attached hydrogens (tertiary/aromatic N) is 4. The van der Waals surface area contributed by atoms with Gasteiger partial charge in [-0.05, 0) is 48.2 Å². The molecule has 1 fully saturated rings. The van der Waals surface area contributed by atoms with Crippen molar-refractivity contribution in [1.82, 2.24) is 15.2 Å². The Kier molecular flexibility index (Phi) is 8.16. The van der Waals surface area contributed by atoms with Crippen LogP contribution in [0.3, 0.4) is 0 Å². The molecule has 2 amide bonds. The molecular formula is C29H32N6O2. The van der Waals surface area contributed by atoms with Gasteiger partial charge in [-0.25, -0.2) is 4.98 Å². The Morgan fingerprint density at radius 3 is 2.46 bits per heavy atom. The van der Waals surface area contributed by atoms with Crippen molar-refractivity contribution >= 4 is 23.3 Å². The first-order valence-corrected chi connectivity index (χ1v) is 12.4. The molecule has 0 aliphatic carbocycles. The molecule has 1 aromatic heterocycles. The predicted octanol–water partition coefficient (Wildman–Crippen LogP) is 3.69. The summed E-state index contributed by atoms with van der Waals surface area (Å²) in [7, 11) is 1.82. The van der Waals surface area contributed by atoms with E-state index in [2.05, 4.69) is 28.6 Å². The second-order valence-corrected chi connectivity index (χ2v) is 9.51. The van der Waals surface area contributed by atoms with Gasteiger partial charge in [-0.1, -0.05) is 49.4 Å². The van der Waals surface area contributed by atoms with Crippen LogP contribution in [0.15, 0.2) is 72.9 Å². The SMILES string of the molecule is CC1CN(c2ccc(NC(=O)C(NC[C@@H](C)c3ccc(C#N)cc3)c3ccccc3)nc2)CC(=O)N1C.